The monoisotopic (exact) mass is 415 g/mol. The van der Waals surface area contributed by atoms with Crippen molar-refractivity contribution in [3.8, 4) is 22.9 Å². The first kappa shape index (κ1) is 20.6. The Hall–Kier alpha value is -3.15. The van der Waals surface area contributed by atoms with Crippen molar-refractivity contribution >= 4 is 0 Å². The molecule has 0 atom stereocenters. The molecule has 0 bridgehead atoms. The third-order valence-electron chi connectivity index (χ3n) is 3.88. The van der Waals surface area contributed by atoms with Crippen molar-refractivity contribution in [3.63, 3.8) is 0 Å². The van der Waals surface area contributed by atoms with Crippen molar-refractivity contribution < 1.29 is 31.6 Å². The van der Waals surface area contributed by atoms with Crippen molar-refractivity contribution in [2.75, 3.05) is 14.2 Å². The summed E-state index contributed by atoms with van der Waals surface area (Å²) >= 11 is 0. The van der Waals surface area contributed by atoms with Crippen molar-refractivity contribution in [3.05, 3.63) is 42.3 Å². The molecule has 0 fully saturated rings. The summed E-state index contributed by atoms with van der Waals surface area (Å²) in [6, 6.07) is 4.24. The second-order valence-electron chi connectivity index (χ2n) is 5.96. The lowest BCUT2D eigenvalue weighted by atomic mass is 10.2. The standard InChI is InChI=1S/C17H17F4N5O3/c1-25(8-13-22-5-6-26(13)16(18)19)9-14-23-15(24-29-14)10-3-4-11(28-17(20)21)12(7-10)27-2/h3-7,16-17H,8-9H2,1-2H3. The second-order valence-corrected chi connectivity index (χ2v) is 5.96. The van der Waals surface area contributed by atoms with E-state index in [2.05, 4.69) is 19.9 Å². The zero-order valence-corrected chi connectivity index (χ0v) is 15.4. The number of nitrogens with zero attached hydrogens (tertiary/aromatic N) is 5. The highest BCUT2D eigenvalue weighted by molar-refractivity contribution is 5.60. The van der Waals surface area contributed by atoms with Crippen LogP contribution in [0, 0.1) is 0 Å². The van der Waals surface area contributed by atoms with E-state index < -0.39 is 13.2 Å². The zero-order chi connectivity index (χ0) is 21.0. The van der Waals surface area contributed by atoms with Crippen LogP contribution in [-0.4, -0.2) is 45.4 Å². The Bertz CT molecular complexity index is 947. The number of imidazole rings is 1. The Balaban J connectivity index is 1.69. The Kier molecular flexibility index (Phi) is 6.32. The van der Waals surface area contributed by atoms with Gasteiger partial charge in [0.05, 0.1) is 20.2 Å². The maximum absolute atomic E-state index is 12.9. The van der Waals surface area contributed by atoms with Gasteiger partial charge in [-0.25, -0.2) is 4.98 Å². The summed E-state index contributed by atoms with van der Waals surface area (Å²) in [7, 11) is 3.01. The predicted molar refractivity (Wildman–Crippen MR) is 91.6 cm³/mol. The average Bonchev–Trinajstić information content (AvgIpc) is 3.31. The van der Waals surface area contributed by atoms with Crippen LogP contribution in [0.1, 0.15) is 18.3 Å². The first-order valence-corrected chi connectivity index (χ1v) is 8.31. The lowest BCUT2D eigenvalue weighted by molar-refractivity contribution is -0.0512. The molecule has 29 heavy (non-hydrogen) atoms. The fourth-order valence-electron chi connectivity index (χ4n) is 2.61. The molecular weight excluding hydrogens is 398 g/mol. The fourth-order valence-corrected chi connectivity index (χ4v) is 2.61. The number of hydrogen-bond acceptors (Lipinski definition) is 7. The van der Waals surface area contributed by atoms with Crippen molar-refractivity contribution in [1.82, 2.24) is 24.6 Å². The Morgan fingerprint density at radius 1 is 1.17 bits per heavy atom. The van der Waals surface area contributed by atoms with Crippen LogP contribution < -0.4 is 9.47 Å². The minimum absolute atomic E-state index is 0.0881. The Morgan fingerprint density at radius 2 is 1.97 bits per heavy atom. The van der Waals surface area contributed by atoms with Gasteiger partial charge in [0.25, 0.3) is 0 Å². The molecule has 0 aliphatic carbocycles. The number of methoxy groups -OCH3 is 1. The predicted octanol–water partition coefficient (Wildman–Crippen LogP) is 3.57. The van der Waals surface area contributed by atoms with Gasteiger partial charge in [-0.1, -0.05) is 5.16 Å². The van der Waals surface area contributed by atoms with E-state index in [0.29, 0.717) is 5.56 Å². The van der Waals surface area contributed by atoms with E-state index in [0.717, 1.165) is 4.57 Å². The first-order valence-electron chi connectivity index (χ1n) is 8.31. The summed E-state index contributed by atoms with van der Waals surface area (Å²) in [6.07, 6.45) is 2.50. The highest BCUT2D eigenvalue weighted by Crippen LogP contribution is 2.32. The van der Waals surface area contributed by atoms with Gasteiger partial charge >= 0.3 is 13.2 Å². The van der Waals surface area contributed by atoms with E-state index in [4.69, 9.17) is 9.26 Å². The zero-order valence-electron chi connectivity index (χ0n) is 15.4. The van der Waals surface area contributed by atoms with Gasteiger partial charge in [0, 0.05) is 18.0 Å². The van der Waals surface area contributed by atoms with Crippen molar-refractivity contribution in [1.29, 1.82) is 0 Å². The topological polar surface area (TPSA) is 78.4 Å². The molecule has 0 spiro atoms. The van der Waals surface area contributed by atoms with E-state index >= 15 is 0 Å². The second kappa shape index (κ2) is 8.90. The molecule has 12 heteroatoms. The van der Waals surface area contributed by atoms with Crippen molar-refractivity contribution in [2.45, 2.75) is 26.3 Å². The highest BCUT2D eigenvalue weighted by Gasteiger charge is 2.17. The maximum atomic E-state index is 12.9. The molecule has 0 saturated carbocycles. The van der Waals surface area contributed by atoms with Crippen LogP contribution in [-0.2, 0) is 13.1 Å². The molecule has 2 aromatic heterocycles. The number of alkyl halides is 4. The maximum Gasteiger partial charge on any atom is 0.387 e. The summed E-state index contributed by atoms with van der Waals surface area (Å²) in [6.45, 7) is -5.33. The largest absolute Gasteiger partial charge is 0.493 e. The summed E-state index contributed by atoms with van der Waals surface area (Å²) in [5, 5.41) is 3.85. The quantitative estimate of drug-likeness (QED) is 0.495. The van der Waals surface area contributed by atoms with E-state index in [9.17, 15) is 17.6 Å². The van der Waals surface area contributed by atoms with E-state index in [1.165, 1.54) is 37.7 Å². The molecule has 0 unspecified atom stereocenters. The van der Waals surface area contributed by atoms with Gasteiger partial charge in [0.1, 0.15) is 5.82 Å². The van der Waals surface area contributed by atoms with Crippen LogP contribution in [0.4, 0.5) is 17.6 Å². The molecule has 0 aliphatic rings. The molecule has 0 radical (unpaired) electrons. The lowest BCUT2D eigenvalue weighted by Gasteiger charge is -2.14. The number of aromatic nitrogens is 4. The lowest BCUT2D eigenvalue weighted by Crippen LogP contribution is -2.20. The molecule has 0 aliphatic heterocycles. The fraction of sp³-hybridized carbons (Fsp3) is 0.353. The van der Waals surface area contributed by atoms with Gasteiger partial charge in [-0.2, -0.15) is 22.5 Å². The van der Waals surface area contributed by atoms with Crippen LogP contribution in [0.25, 0.3) is 11.4 Å². The van der Waals surface area contributed by atoms with Gasteiger partial charge in [-0.15, -0.1) is 0 Å². The Labute approximate surface area is 162 Å². The van der Waals surface area contributed by atoms with E-state index in [1.54, 1.807) is 11.9 Å². The van der Waals surface area contributed by atoms with Gasteiger partial charge in [-0.05, 0) is 25.2 Å². The third-order valence-corrected chi connectivity index (χ3v) is 3.88. The molecule has 2 heterocycles. The minimum atomic E-state index is -2.98. The summed E-state index contributed by atoms with van der Waals surface area (Å²) < 4.78 is 66.0. The number of halogens is 4. The molecule has 1 aromatic carbocycles. The molecule has 0 amide bonds. The molecule has 0 saturated heterocycles. The number of rotatable bonds is 9. The number of hydrogen-bond donors (Lipinski definition) is 0. The third kappa shape index (κ3) is 5.02. The average molecular weight is 415 g/mol. The van der Waals surface area contributed by atoms with Crippen LogP contribution >= 0.6 is 0 Å². The minimum Gasteiger partial charge on any atom is -0.493 e. The summed E-state index contributed by atoms with van der Waals surface area (Å²) in [5.74, 6) is 0.616. The van der Waals surface area contributed by atoms with Gasteiger partial charge in [0.2, 0.25) is 11.7 Å². The van der Waals surface area contributed by atoms with Crippen LogP contribution in [0.2, 0.25) is 0 Å². The normalized spacial score (nSPS) is 11.6. The van der Waals surface area contributed by atoms with Crippen LogP contribution in [0.3, 0.4) is 0 Å². The van der Waals surface area contributed by atoms with E-state index in [1.807, 2.05) is 0 Å². The smallest absolute Gasteiger partial charge is 0.387 e. The first-order chi connectivity index (χ1) is 13.9. The van der Waals surface area contributed by atoms with Gasteiger partial charge in [-0.3, -0.25) is 9.47 Å². The molecule has 156 valence electrons. The van der Waals surface area contributed by atoms with Crippen LogP contribution in [0.15, 0.2) is 35.1 Å². The Morgan fingerprint density at radius 3 is 2.66 bits per heavy atom. The SMILES string of the molecule is COc1cc(-c2noc(CN(C)Cc3nccn3C(F)F)n2)ccc1OC(F)F. The molecule has 8 nitrogen and oxygen atoms in total. The van der Waals surface area contributed by atoms with E-state index in [-0.39, 0.29) is 42.1 Å². The molecule has 0 N–H and O–H groups in total. The molecular formula is C17H17F4N5O3. The summed E-state index contributed by atoms with van der Waals surface area (Å²) in [5.41, 5.74) is 0.467. The number of benzene rings is 1. The molecule has 3 rings (SSSR count). The van der Waals surface area contributed by atoms with Crippen molar-refractivity contribution in [2.24, 2.45) is 0 Å². The van der Waals surface area contributed by atoms with Gasteiger partial charge < -0.3 is 14.0 Å². The highest BCUT2D eigenvalue weighted by atomic mass is 19.3. The van der Waals surface area contributed by atoms with Gasteiger partial charge in [0.15, 0.2) is 11.5 Å². The number of ether oxygens (including phenoxy) is 2. The molecule has 3 aromatic rings. The van der Waals surface area contributed by atoms with Crippen LogP contribution in [0.5, 0.6) is 11.5 Å². The summed E-state index contributed by atoms with van der Waals surface area (Å²) in [4.78, 5) is 9.83.